The molecule has 2 aliphatic heterocycles. The van der Waals surface area contributed by atoms with Gasteiger partial charge in [-0.05, 0) is 18.2 Å². The Morgan fingerprint density at radius 3 is 2.68 bits per heavy atom. The monoisotopic (exact) mass is 347 g/mol. The largest absolute Gasteiger partial charge is 0.482 e. The summed E-state index contributed by atoms with van der Waals surface area (Å²) < 4.78 is 5.28. The van der Waals surface area contributed by atoms with E-state index in [9.17, 15) is 9.59 Å². The van der Waals surface area contributed by atoms with Gasteiger partial charge in [0, 0.05) is 31.7 Å². The Bertz CT molecular complexity index is 548. The van der Waals surface area contributed by atoms with Gasteiger partial charge in [0.2, 0.25) is 0 Å². The van der Waals surface area contributed by atoms with E-state index in [1.807, 2.05) is 0 Å². The first-order chi connectivity index (χ1) is 9.72. The molecule has 0 radical (unpaired) electrons. The van der Waals surface area contributed by atoms with Crippen molar-refractivity contribution < 1.29 is 14.3 Å². The predicted octanol–water partition coefficient (Wildman–Crippen LogP) is 0.949. The van der Waals surface area contributed by atoms with E-state index in [1.54, 1.807) is 18.2 Å². The number of piperazine rings is 1. The number of nitrogens with zero attached hydrogens (tertiary/aromatic N) is 1. The highest BCUT2D eigenvalue weighted by atomic mass is 35.5. The number of carbonyl (C=O) groups is 2. The highest BCUT2D eigenvalue weighted by Crippen LogP contribution is 2.28. The molecule has 122 valence electrons. The van der Waals surface area contributed by atoms with Crippen molar-refractivity contribution in [2.24, 2.45) is 0 Å². The Labute approximate surface area is 141 Å². The smallest absolute Gasteiger partial charge is 0.262 e. The molecule has 0 unspecified atom stereocenters. The Morgan fingerprint density at radius 2 is 1.95 bits per heavy atom. The number of halogens is 2. The number of benzene rings is 1. The van der Waals surface area contributed by atoms with E-state index in [1.165, 1.54) is 0 Å². The fourth-order valence-electron chi connectivity index (χ4n) is 2.42. The molecule has 1 saturated heterocycles. The van der Waals surface area contributed by atoms with Crippen LogP contribution < -0.4 is 15.4 Å². The van der Waals surface area contributed by atoms with Crippen LogP contribution in [0.25, 0.3) is 0 Å². The number of ether oxygens (including phenoxy) is 1. The second-order valence-electron chi connectivity index (χ2n) is 5.00. The molecule has 6 nitrogen and oxygen atoms in total. The number of rotatable bonds is 3. The highest BCUT2D eigenvalue weighted by Gasteiger charge is 2.19. The quantitative estimate of drug-likeness (QED) is 0.796. The van der Waals surface area contributed by atoms with Gasteiger partial charge in [0.25, 0.3) is 5.91 Å². The number of ketones is 1. The van der Waals surface area contributed by atoms with E-state index in [0.29, 0.717) is 23.5 Å². The number of amides is 1. The van der Waals surface area contributed by atoms with E-state index in [-0.39, 0.29) is 43.1 Å². The van der Waals surface area contributed by atoms with Crippen LogP contribution in [0.5, 0.6) is 5.75 Å². The van der Waals surface area contributed by atoms with Crippen molar-refractivity contribution in [3.8, 4) is 5.75 Å². The fraction of sp³-hybridized carbons (Fsp3) is 0.429. The average molecular weight is 348 g/mol. The lowest BCUT2D eigenvalue weighted by Gasteiger charge is -2.26. The number of nitrogens with one attached hydrogen (secondary N) is 2. The molecule has 2 heterocycles. The molecule has 0 aromatic heterocycles. The third-order valence-electron chi connectivity index (χ3n) is 3.51. The Morgan fingerprint density at radius 1 is 1.23 bits per heavy atom. The van der Waals surface area contributed by atoms with Crippen LogP contribution in [0.2, 0.25) is 0 Å². The second-order valence-corrected chi connectivity index (χ2v) is 5.00. The molecule has 0 spiro atoms. The van der Waals surface area contributed by atoms with Crippen molar-refractivity contribution in [1.29, 1.82) is 0 Å². The molecular weight excluding hydrogens is 329 g/mol. The molecule has 8 heteroatoms. The molecule has 2 N–H and O–H groups in total. The predicted molar refractivity (Wildman–Crippen MR) is 88.7 cm³/mol. The number of Topliss-reactive ketones (excluding diaryl/α,β-unsaturated/α-hetero) is 1. The van der Waals surface area contributed by atoms with Gasteiger partial charge in [0.15, 0.2) is 12.4 Å². The summed E-state index contributed by atoms with van der Waals surface area (Å²) in [7, 11) is 0. The first kappa shape index (κ1) is 18.7. The Hall–Kier alpha value is -1.34. The van der Waals surface area contributed by atoms with E-state index in [2.05, 4.69) is 15.5 Å². The van der Waals surface area contributed by atoms with Crippen LogP contribution in [0.1, 0.15) is 10.4 Å². The standard InChI is InChI=1S/C14H17N3O3.2ClH/c18-12(8-17-5-3-15-4-6-17)10-1-2-13-11(7-10)16-14(19)9-20-13;;/h1-2,7,15H,3-6,8-9H2,(H,16,19);2*1H. The van der Waals surface area contributed by atoms with Gasteiger partial charge >= 0.3 is 0 Å². The van der Waals surface area contributed by atoms with Gasteiger partial charge in [0.05, 0.1) is 12.2 Å². The summed E-state index contributed by atoms with van der Waals surface area (Å²) in [5.41, 5.74) is 1.18. The maximum absolute atomic E-state index is 12.3. The molecule has 0 saturated carbocycles. The summed E-state index contributed by atoms with van der Waals surface area (Å²) in [4.78, 5) is 25.7. The molecule has 22 heavy (non-hydrogen) atoms. The molecular formula is C14H19Cl2N3O3. The van der Waals surface area contributed by atoms with Crippen LogP contribution in [-0.2, 0) is 4.79 Å². The zero-order valence-electron chi connectivity index (χ0n) is 12.0. The van der Waals surface area contributed by atoms with Crippen LogP contribution >= 0.6 is 24.8 Å². The van der Waals surface area contributed by atoms with Crippen LogP contribution in [0.4, 0.5) is 5.69 Å². The first-order valence-corrected chi connectivity index (χ1v) is 6.75. The normalized spacial score (nSPS) is 17.2. The molecule has 1 amide bonds. The molecule has 0 aliphatic carbocycles. The van der Waals surface area contributed by atoms with Crippen molar-refractivity contribution in [2.75, 3.05) is 44.6 Å². The number of hydrogen-bond acceptors (Lipinski definition) is 5. The van der Waals surface area contributed by atoms with Crippen LogP contribution in [0, 0.1) is 0 Å². The minimum atomic E-state index is -0.191. The Kier molecular flexibility index (Phi) is 7.09. The van der Waals surface area contributed by atoms with Gasteiger partial charge in [-0.25, -0.2) is 0 Å². The van der Waals surface area contributed by atoms with Gasteiger partial charge < -0.3 is 15.4 Å². The van der Waals surface area contributed by atoms with Crippen LogP contribution in [0.15, 0.2) is 18.2 Å². The number of carbonyl (C=O) groups excluding carboxylic acids is 2. The number of fused-ring (bicyclic) bond motifs is 1. The van der Waals surface area contributed by atoms with Crippen LogP contribution in [0.3, 0.4) is 0 Å². The minimum Gasteiger partial charge on any atom is -0.482 e. The second kappa shape index (κ2) is 8.33. The van der Waals surface area contributed by atoms with Crippen molar-refractivity contribution in [3.05, 3.63) is 23.8 Å². The fourth-order valence-corrected chi connectivity index (χ4v) is 2.42. The average Bonchev–Trinajstić information content (AvgIpc) is 2.47. The zero-order chi connectivity index (χ0) is 13.9. The molecule has 1 aromatic rings. The number of hydrogen-bond donors (Lipinski definition) is 2. The summed E-state index contributed by atoms with van der Waals surface area (Å²) >= 11 is 0. The van der Waals surface area contributed by atoms with E-state index >= 15 is 0 Å². The van der Waals surface area contributed by atoms with E-state index in [0.717, 1.165) is 26.2 Å². The van der Waals surface area contributed by atoms with Gasteiger partial charge in [-0.2, -0.15) is 0 Å². The third-order valence-corrected chi connectivity index (χ3v) is 3.51. The molecule has 1 aromatic carbocycles. The van der Waals surface area contributed by atoms with Crippen molar-refractivity contribution in [1.82, 2.24) is 10.2 Å². The summed E-state index contributed by atoms with van der Waals surface area (Å²) in [6, 6.07) is 5.18. The molecule has 1 fully saturated rings. The molecule has 0 atom stereocenters. The topological polar surface area (TPSA) is 70.7 Å². The van der Waals surface area contributed by atoms with E-state index < -0.39 is 0 Å². The van der Waals surface area contributed by atoms with Gasteiger partial charge in [0.1, 0.15) is 5.75 Å². The van der Waals surface area contributed by atoms with Gasteiger partial charge in [-0.1, -0.05) is 0 Å². The lowest BCUT2D eigenvalue weighted by molar-refractivity contribution is -0.118. The lowest BCUT2D eigenvalue weighted by atomic mass is 10.1. The first-order valence-electron chi connectivity index (χ1n) is 6.75. The van der Waals surface area contributed by atoms with Gasteiger partial charge in [-0.15, -0.1) is 24.8 Å². The molecule has 3 rings (SSSR count). The summed E-state index contributed by atoms with van der Waals surface area (Å²) in [5.74, 6) is 0.488. The summed E-state index contributed by atoms with van der Waals surface area (Å²) in [6.45, 7) is 4.05. The zero-order valence-corrected chi connectivity index (χ0v) is 13.6. The third kappa shape index (κ3) is 4.33. The number of anilines is 1. The molecule has 2 aliphatic rings. The van der Waals surface area contributed by atoms with Crippen molar-refractivity contribution in [3.63, 3.8) is 0 Å². The van der Waals surface area contributed by atoms with Crippen LogP contribution in [-0.4, -0.2) is 55.9 Å². The SMILES string of the molecule is Cl.Cl.O=C1COc2ccc(C(=O)CN3CCNCC3)cc2N1. The summed E-state index contributed by atoms with van der Waals surface area (Å²) in [5, 5.41) is 5.98. The van der Waals surface area contributed by atoms with Gasteiger partial charge in [-0.3, -0.25) is 14.5 Å². The lowest BCUT2D eigenvalue weighted by Crippen LogP contribution is -2.45. The summed E-state index contributed by atoms with van der Waals surface area (Å²) in [6.07, 6.45) is 0. The Balaban J connectivity index is 0.00000121. The maximum Gasteiger partial charge on any atom is 0.262 e. The van der Waals surface area contributed by atoms with Crippen molar-refractivity contribution in [2.45, 2.75) is 0 Å². The minimum absolute atomic E-state index is 0. The van der Waals surface area contributed by atoms with E-state index in [4.69, 9.17) is 4.74 Å². The van der Waals surface area contributed by atoms with Crippen molar-refractivity contribution >= 4 is 42.2 Å². The molecule has 0 bridgehead atoms. The highest BCUT2D eigenvalue weighted by molar-refractivity contribution is 6.01. The maximum atomic E-state index is 12.3.